The third kappa shape index (κ3) is 4.23. The van der Waals surface area contributed by atoms with Gasteiger partial charge in [-0.15, -0.1) is 0 Å². The summed E-state index contributed by atoms with van der Waals surface area (Å²) in [5.74, 6) is -0.112. The molecule has 0 bridgehead atoms. The van der Waals surface area contributed by atoms with E-state index in [9.17, 15) is 18.3 Å². The molecule has 1 N–H and O–H groups in total. The molecule has 0 aliphatic carbocycles. The summed E-state index contributed by atoms with van der Waals surface area (Å²) in [5, 5.41) is 9.26. The number of benzene rings is 1. The van der Waals surface area contributed by atoms with Gasteiger partial charge in [-0.2, -0.15) is 4.31 Å². The molecular formula is C16H23NO5S. The van der Waals surface area contributed by atoms with Crippen molar-refractivity contribution < 1.29 is 23.1 Å². The molecule has 1 heterocycles. The maximum absolute atomic E-state index is 12.7. The van der Waals surface area contributed by atoms with Gasteiger partial charge in [-0.1, -0.05) is 13.8 Å². The first-order valence-corrected chi connectivity index (χ1v) is 9.24. The number of nitrogens with zero attached hydrogens (tertiary/aromatic N) is 1. The number of carboxylic acid groups (broad SMARTS) is 1. The fourth-order valence-electron chi connectivity index (χ4n) is 2.55. The predicted octanol–water partition coefficient (Wildman–Crippen LogP) is 2.35. The molecule has 7 heteroatoms. The summed E-state index contributed by atoms with van der Waals surface area (Å²) < 4.78 is 32.0. The van der Waals surface area contributed by atoms with Gasteiger partial charge >= 0.3 is 5.97 Å². The smallest absolute Gasteiger partial charge is 0.322 e. The van der Waals surface area contributed by atoms with Crippen LogP contribution in [0.25, 0.3) is 0 Å². The quantitative estimate of drug-likeness (QED) is 0.858. The predicted molar refractivity (Wildman–Crippen MR) is 85.9 cm³/mol. The molecule has 6 nitrogen and oxygen atoms in total. The molecule has 0 aromatic heterocycles. The highest BCUT2D eigenvalue weighted by Crippen LogP contribution is 2.26. The van der Waals surface area contributed by atoms with Crippen LogP contribution in [0.1, 0.15) is 33.1 Å². The minimum absolute atomic E-state index is 0.0996. The Hall–Kier alpha value is -1.60. The van der Waals surface area contributed by atoms with Crippen LogP contribution in [0.5, 0.6) is 5.75 Å². The van der Waals surface area contributed by atoms with E-state index in [-0.39, 0.29) is 11.4 Å². The SMILES string of the molecule is CC(C)COc1ccc(S(=O)(=O)N2CCCCC2C(=O)O)cc1. The number of hydrogen-bond acceptors (Lipinski definition) is 4. The molecule has 1 fully saturated rings. The largest absolute Gasteiger partial charge is 0.493 e. The number of rotatable bonds is 6. The summed E-state index contributed by atoms with van der Waals surface area (Å²) in [6, 6.07) is 5.17. The van der Waals surface area contributed by atoms with Crippen molar-refractivity contribution in [1.82, 2.24) is 4.31 Å². The lowest BCUT2D eigenvalue weighted by atomic mass is 10.1. The van der Waals surface area contributed by atoms with Crippen LogP contribution in [0.2, 0.25) is 0 Å². The molecule has 0 radical (unpaired) electrons. The second kappa shape index (κ2) is 7.31. The van der Waals surface area contributed by atoms with E-state index in [1.165, 1.54) is 12.1 Å². The molecule has 23 heavy (non-hydrogen) atoms. The van der Waals surface area contributed by atoms with Crippen LogP contribution in [0, 0.1) is 5.92 Å². The van der Waals surface area contributed by atoms with E-state index in [1.54, 1.807) is 12.1 Å². The molecule has 1 saturated heterocycles. The Morgan fingerprint density at radius 3 is 2.52 bits per heavy atom. The topological polar surface area (TPSA) is 83.9 Å². The zero-order chi connectivity index (χ0) is 17.0. The van der Waals surface area contributed by atoms with Gasteiger partial charge in [-0.25, -0.2) is 8.42 Å². The summed E-state index contributed by atoms with van der Waals surface area (Å²) in [6.45, 7) is 4.85. The summed E-state index contributed by atoms with van der Waals surface area (Å²) in [7, 11) is -3.81. The fourth-order valence-corrected chi connectivity index (χ4v) is 4.20. The Kier molecular flexibility index (Phi) is 5.64. The van der Waals surface area contributed by atoms with Crippen molar-refractivity contribution in [3.05, 3.63) is 24.3 Å². The molecule has 0 amide bonds. The normalized spacial score (nSPS) is 19.7. The second-order valence-electron chi connectivity index (χ2n) is 6.14. The van der Waals surface area contributed by atoms with E-state index in [0.29, 0.717) is 31.1 Å². The summed E-state index contributed by atoms with van der Waals surface area (Å²) in [5.41, 5.74) is 0. The number of hydrogen-bond donors (Lipinski definition) is 1. The fraction of sp³-hybridized carbons (Fsp3) is 0.562. The Morgan fingerprint density at radius 1 is 1.30 bits per heavy atom. The van der Waals surface area contributed by atoms with E-state index < -0.39 is 22.0 Å². The van der Waals surface area contributed by atoms with Gasteiger partial charge in [0.25, 0.3) is 0 Å². The van der Waals surface area contributed by atoms with Crippen LogP contribution < -0.4 is 4.74 Å². The molecule has 1 atom stereocenters. The number of piperidine rings is 1. The minimum Gasteiger partial charge on any atom is -0.493 e. The Bertz CT molecular complexity index is 639. The maximum atomic E-state index is 12.7. The first-order valence-electron chi connectivity index (χ1n) is 7.80. The first kappa shape index (κ1) is 17.7. The summed E-state index contributed by atoms with van der Waals surface area (Å²) in [6.07, 6.45) is 1.76. The van der Waals surface area contributed by atoms with Crippen molar-refractivity contribution in [2.75, 3.05) is 13.2 Å². The van der Waals surface area contributed by atoms with E-state index >= 15 is 0 Å². The van der Waals surface area contributed by atoms with Crippen LogP contribution in [-0.4, -0.2) is 43.0 Å². The van der Waals surface area contributed by atoms with Crippen molar-refractivity contribution in [2.24, 2.45) is 5.92 Å². The highest BCUT2D eigenvalue weighted by molar-refractivity contribution is 7.89. The molecule has 1 aromatic carbocycles. The molecule has 2 rings (SSSR count). The Morgan fingerprint density at radius 2 is 1.96 bits per heavy atom. The number of carboxylic acids is 1. The van der Waals surface area contributed by atoms with Gasteiger partial charge < -0.3 is 9.84 Å². The molecule has 1 aromatic rings. The van der Waals surface area contributed by atoms with Crippen LogP contribution in [0.15, 0.2) is 29.2 Å². The monoisotopic (exact) mass is 341 g/mol. The van der Waals surface area contributed by atoms with Crippen molar-refractivity contribution in [1.29, 1.82) is 0 Å². The minimum atomic E-state index is -3.81. The standard InChI is InChI=1S/C16H23NO5S/c1-12(2)11-22-13-6-8-14(9-7-13)23(20,21)17-10-4-3-5-15(17)16(18)19/h6-9,12,15H,3-5,10-11H2,1-2H3,(H,18,19). The third-order valence-corrected chi connectivity index (χ3v) is 5.67. The van der Waals surface area contributed by atoms with E-state index in [4.69, 9.17) is 4.74 Å². The average Bonchev–Trinajstić information content (AvgIpc) is 2.53. The zero-order valence-electron chi connectivity index (χ0n) is 13.4. The third-order valence-electron chi connectivity index (χ3n) is 3.75. The molecule has 0 spiro atoms. The van der Waals surface area contributed by atoms with Crippen LogP contribution in [0.3, 0.4) is 0 Å². The van der Waals surface area contributed by atoms with Gasteiger partial charge in [0.2, 0.25) is 10.0 Å². The van der Waals surface area contributed by atoms with Crippen LogP contribution >= 0.6 is 0 Å². The van der Waals surface area contributed by atoms with Crippen LogP contribution in [-0.2, 0) is 14.8 Å². The van der Waals surface area contributed by atoms with Gasteiger partial charge in [0.15, 0.2) is 0 Å². The van der Waals surface area contributed by atoms with Crippen molar-refractivity contribution >= 4 is 16.0 Å². The lowest BCUT2D eigenvalue weighted by Crippen LogP contribution is -2.47. The van der Waals surface area contributed by atoms with Gasteiger partial charge in [0.1, 0.15) is 11.8 Å². The highest BCUT2D eigenvalue weighted by atomic mass is 32.2. The lowest BCUT2D eigenvalue weighted by Gasteiger charge is -2.31. The van der Waals surface area contributed by atoms with Gasteiger partial charge in [0.05, 0.1) is 11.5 Å². The molecule has 0 saturated carbocycles. The molecule has 1 unspecified atom stereocenters. The maximum Gasteiger partial charge on any atom is 0.322 e. The van der Waals surface area contributed by atoms with E-state index in [0.717, 1.165) is 10.7 Å². The summed E-state index contributed by atoms with van der Waals surface area (Å²) >= 11 is 0. The van der Waals surface area contributed by atoms with Crippen molar-refractivity contribution in [3.8, 4) is 5.75 Å². The molecule has 1 aliphatic rings. The van der Waals surface area contributed by atoms with Gasteiger partial charge in [-0.3, -0.25) is 4.79 Å². The molecule has 1 aliphatic heterocycles. The highest BCUT2D eigenvalue weighted by Gasteiger charge is 2.37. The van der Waals surface area contributed by atoms with Gasteiger partial charge in [-0.05, 0) is 49.4 Å². The molecular weight excluding hydrogens is 318 g/mol. The number of sulfonamides is 1. The Labute approximate surface area is 137 Å². The lowest BCUT2D eigenvalue weighted by molar-refractivity contribution is -0.142. The zero-order valence-corrected chi connectivity index (χ0v) is 14.3. The van der Waals surface area contributed by atoms with Crippen molar-refractivity contribution in [3.63, 3.8) is 0 Å². The number of carbonyl (C=O) groups is 1. The van der Waals surface area contributed by atoms with E-state index in [2.05, 4.69) is 0 Å². The first-order chi connectivity index (χ1) is 10.8. The second-order valence-corrected chi connectivity index (χ2v) is 8.03. The van der Waals surface area contributed by atoms with E-state index in [1.807, 2.05) is 13.8 Å². The number of aliphatic carboxylic acids is 1. The summed E-state index contributed by atoms with van der Waals surface area (Å²) in [4.78, 5) is 11.4. The average molecular weight is 341 g/mol. The molecule has 128 valence electrons. The number of ether oxygens (including phenoxy) is 1. The van der Waals surface area contributed by atoms with Crippen molar-refractivity contribution in [2.45, 2.75) is 44.0 Å². The van der Waals surface area contributed by atoms with Crippen LogP contribution in [0.4, 0.5) is 0 Å². The Balaban J connectivity index is 2.19. The van der Waals surface area contributed by atoms with Gasteiger partial charge in [0, 0.05) is 6.54 Å².